The third kappa shape index (κ3) is 2.01. The summed E-state index contributed by atoms with van der Waals surface area (Å²) in [6.45, 7) is 3.94. The summed E-state index contributed by atoms with van der Waals surface area (Å²) in [6, 6.07) is 1.86. The van der Waals surface area contributed by atoms with Crippen LogP contribution in [-0.4, -0.2) is 44.1 Å². The SMILES string of the molecule is COc1ccsc1C(=O)N1CCC2CNCC2C1. The minimum atomic E-state index is 0.132. The number of methoxy groups -OCH3 is 1. The van der Waals surface area contributed by atoms with Gasteiger partial charge in [0.2, 0.25) is 0 Å². The van der Waals surface area contributed by atoms with E-state index >= 15 is 0 Å². The lowest BCUT2D eigenvalue weighted by atomic mass is 9.88. The van der Waals surface area contributed by atoms with Gasteiger partial charge in [-0.3, -0.25) is 4.79 Å². The van der Waals surface area contributed by atoms with E-state index in [0.29, 0.717) is 11.7 Å². The predicted molar refractivity (Wildman–Crippen MR) is 71.2 cm³/mol. The summed E-state index contributed by atoms with van der Waals surface area (Å²) < 4.78 is 5.23. The van der Waals surface area contributed by atoms with Gasteiger partial charge in [-0.15, -0.1) is 11.3 Å². The Morgan fingerprint density at radius 2 is 2.33 bits per heavy atom. The largest absolute Gasteiger partial charge is 0.495 e. The zero-order valence-corrected chi connectivity index (χ0v) is 11.3. The molecule has 0 aliphatic carbocycles. The van der Waals surface area contributed by atoms with Crippen molar-refractivity contribution in [1.29, 1.82) is 0 Å². The number of hydrogen-bond acceptors (Lipinski definition) is 4. The number of carbonyl (C=O) groups excluding carboxylic acids is 1. The van der Waals surface area contributed by atoms with Crippen molar-refractivity contribution in [2.75, 3.05) is 33.3 Å². The number of rotatable bonds is 2. The van der Waals surface area contributed by atoms with Crippen LogP contribution in [0.3, 0.4) is 0 Å². The van der Waals surface area contributed by atoms with Gasteiger partial charge < -0.3 is 15.0 Å². The van der Waals surface area contributed by atoms with Gasteiger partial charge in [0.05, 0.1) is 7.11 Å². The number of carbonyl (C=O) groups is 1. The fourth-order valence-corrected chi connectivity index (χ4v) is 3.80. The third-order valence-corrected chi connectivity index (χ3v) is 4.92. The van der Waals surface area contributed by atoms with Crippen molar-refractivity contribution in [2.45, 2.75) is 6.42 Å². The summed E-state index contributed by atoms with van der Waals surface area (Å²) in [5.74, 6) is 2.23. The van der Waals surface area contributed by atoms with Crippen molar-refractivity contribution >= 4 is 17.2 Å². The molecule has 2 unspecified atom stereocenters. The number of likely N-dealkylation sites (tertiary alicyclic amines) is 1. The number of thiophene rings is 1. The molecule has 1 aromatic rings. The second kappa shape index (κ2) is 4.90. The topological polar surface area (TPSA) is 41.6 Å². The van der Waals surface area contributed by atoms with Crippen LogP contribution in [0, 0.1) is 11.8 Å². The summed E-state index contributed by atoms with van der Waals surface area (Å²) in [6.07, 6.45) is 1.12. The minimum absolute atomic E-state index is 0.132. The number of ether oxygens (including phenoxy) is 1. The molecular formula is C13H18N2O2S. The van der Waals surface area contributed by atoms with E-state index in [1.165, 1.54) is 11.3 Å². The van der Waals surface area contributed by atoms with E-state index in [1.807, 2.05) is 16.3 Å². The second-order valence-electron chi connectivity index (χ2n) is 5.04. The van der Waals surface area contributed by atoms with Gasteiger partial charge in [0.25, 0.3) is 5.91 Å². The molecule has 4 nitrogen and oxygen atoms in total. The minimum Gasteiger partial charge on any atom is -0.495 e. The normalized spacial score (nSPS) is 27.1. The molecule has 2 fully saturated rings. The number of nitrogens with one attached hydrogen (secondary N) is 1. The number of fused-ring (bicyclic) bond motifs is 1. The van der Waals surface area contributed by atoms with Gasteiger partial charge in [0.15, 0.2) is 0 Å². The van der Waals surface area contributed by atoms with Gasteiger partial charge in [-0.05, 0) is 42.8 Å². The summed E-state index contributed by atoms with van der Waals surface area (Å²) in [5.41, 5.74) is 0. The first kappa shape index (κ1) is 12.0. The van der Waals surface area contributed by atoms with E-state index in [4.69, 9.17) is 4.74 Å². The fourth-order valence-electron chi connectivity index (χ4n) is 2.98. The van der Waals surface area contributed by atoms with Gasteiger partial charge in [0, 0.05) is 13.1 Å². The zero-order chi connectivity index (χ0) is 12.5. The van der Waals surface area contributed by atoms with Crippen LogP contribution in [0.15, 0.2) is 11.4 Å². The van der Waals surface area contributed by atoms with Crippen LogP contribution in [0.5, 0.6) is 5.75 Å². The lowest BCUT2D eigenvalue weighted by molar-refractivity contribution is 0.0644. The van der Waals surface area contributed by atoms with Crippen LogP contribution in [0.4, 0.5) is 0 Å². The fraction of sp³-hybridized carbons (Fsp3) is 0.615. The van der Waals surface area contributed by atoms with Gasteiger partial charge >= 0.3 is 0 Å². The first-order valence-electron chi connectivity index (χ1n) is 6.41. The molecule has 2 atom stereocenters. The molecule has 5 heteroatoms. The second-order valence-corrected chi connectivity index (χ2v) is 5.95. The molecule has 1 N–H and O–H groups in total. The number of nitrogens with zero attached hydrogens (tertiary/aromatic N) is 1. The highest BCUT2D eigenvalue weighted by atomic mass is 32.1. The predicted octanol–water partition coefficient (Wildman–Crippen LogP) is 1.44. The molecule has 18 heavy (non-hydrogen) atoms. The van der Waals surface area contributed by atoms with E-state index < -0.39 is 0 Å². The van der Waals surface area contributed by atoms with Gasteiger partial charge in [0.1, 0.15) is 10.6 Å². The molecule has 1 amide bonds. The van der Waals surface area contributed by atoms with E-state index in [1.54, 1.807) is 7.11 Å². The number of piperidine rings is 1. The molecule has 3 rings (SSSR count). The Hall–Kier alpha value is -1.07. The third-order valence-electron chi connectivity index (χ3n) is 4.03. The Morgan fingerprint density at radius 1 is 1.50 bits per heavy atom. The molecule has 0 spiro atoms. The highest BCUT2D eigenvalue weighted by molar-refractivity contribution is 7.12. The van der Waals surface area contributed by atoms with Crippen molar-refractivity contribution in [1.82, 2.24) is 10.2 Å². The maximum Gasteiger partial charge on any atom is 0.267 e. The van der Waals surface area contributed by atoms with E-state index in [-0.39, 0.29) is 5.91 Å². The molecule has 0 saturated carbocycles. The highest BCUT2D eigenvalue weighted by Crippen LogP contribution is 2.31. The first-order valence-corrected chi connectivity index (χ1v) is 7.29. The lowest BCUT2D eigenvalue weighted by Crippen LogP contribution is -2.43. The van der Waals surface area contributed by atoms with Crippen LogP contribution in [0.2, 0.25) is 0 Å². The maximum atomic E-state index is 12.5. The van der Waals surface area contributed by atoms with Crippen molar-refractivity contribution in [3.05, 3.63) is 16.3 Å². The van der Waals surface area contributed by atoms with Crippen LogP contribution >= 0.6 is 11.3 Å². The molecule has 0 bridgehead atoms. The van der Waals surface area contributed by atoms with Crippen molar-refractivity contribution < 1.29 is 9.53 Å². The lowest BCUT2D eigenvalue weighted by Gasteiger charge is -2.34. The quantitative estimate of drug-likeness (QED) is 0.880. The highest BCUT2D eigenvalue weighted by Gasteiger charge is 2.35. The molecule has 2 aliphatic rings. The monoisotopic (exact) mass is 266 g/mol. The Kier molecular flexibility index (Phi) is 3.26. The maximum absolute atomic E-state index is 12.5. The number of amides is 1. The molecule has 0 aromatic carbocycles. The Morgan fingerprint density at radius 3 is 3.17 bits per heavy atom. The summed E-state index contributed by atoms with van der Waals surface area (Å²) in [4.78, 5) is 15.2. The van der Waals surface area contributed by atoms with Crippen molar-refractivity contribution in [3.63, 3.8) is 0 Å². The summed E-state index contributed by atoms with van der Waals surface area (Å²) in [5, 5.41) is 5.33. The summed E-state index contributed by atoms with van der Waals surface area (Å²) >= 11 is 1.47. The smallest absolute Gasteiger partial charge is 0.267 e. The Labute approximate surface area is 111 Å². The average Bonchev–Trinajstić information content (AvgIpc) is 3.05. The first-order chi connectivity index (χ1) is 8.79. The molecule has 0 radical (unpaired) electrons. The average molecular weight is 266 g/mol. The Bertz CT molecular complexity index is 446. The molecule has 3 heterocycles. The molecule has 1 aromatic heterocycles. The summed E-state index contributed by atoms with van der Waals surface area (Å²) in [7, 11) is 1.62. The van der Waals surface area contributed by atoms with Crippen LogP contribution in [0.1, 0.15) is 16.1 Å². The van der Waals surface area contributed by atoms with Gasteiger partial charge in [-0.25, -0.2) is 0 Å². The van der Waals surface area contributed by atoms with Crippen LogP contribution in [0.25, 0.3) is 0 Å². The Balaban J connectivity index is 1.73. The number of hydrogen-bond donors (Lipinski definition) is 1. The standard InChI is InChI=1S/C13H18N2O2S/c1-17-11-3-5-18-12(11)13(16)15-4-2-9-6-14-7-10(9)8-15/h3,5,9-10,14H,2,4,6-8H2,1H3. The molecular weight excluding hydrogens is 248 g/mol. The van der Waals surface area contributed by atoms with Gasteiger partial charge in [-0.1, -0.05) is 0 Å². The van der Waals surface area contributed by atoms with E-state index in [0.717, 1.165) is 43.4 Å². The molecule has 98 valence electrons. The van der Waals surface area contributed by atoms with Gasteiger partial charge in [-0.2, -0.15) is 0 Å². The van der Waals surface area contributed by atoms with Crippen LogP contribution in [-0.2, 0) is 0 Å². The molecule has 2 aliphatic heterocycles. The van der Waals surface area contributed by atoms with Crippen LogP contribution < -0.4 is 10.1 Å². The van der Waals surface area contributed by atoms with Crippen molar-refractivity contribution in [2.24, 2.45) is 11.8 Å². The van der Waals surface area contributed by atoms with Crippen molar-refractivity contribution in [3.8, 4) is 5.75 Å². The van der Waals surface area contributed by atoms with E-state index in [2.05, 4.69) is 5.32 Å². The molecule has 2 saturated heterocycles. The zero-order valence-electron chi connectivity index (χ0n) is 10.5. The van der Waals surface area contributed by atoms with E-state index in [9.17, 15) is 4.79 Å².